The fraction of sp³-hybridized carbons (Fsp3) is 0.250. The number of thioether (sulfide) groups is 1. The van der Waals surface area contributed by atoms with E-state index in [1.165, 1.54) is 0 Å². The highest BCUT2D eigenvalue weighted by Gasteiger charge is 2.17. The molecule has 1 atom stereocenters. The Labute approximate surface area is 118 Å². The summed E-state index contributed by atoms with van der Waals surface area (Å²) < 4.78 is 5.59. The van der Waals surface area contributed by atoms with Crippen molar-refractivity contribution in [2.75, 3.05) is 12.9 Å². The highest BCUT2D eigenvalue weighted by atomic mass is 32.2. The molecule has 0 saturated carbocycles. The van der Waals surface area contributed by atoms with Crippen LogP contribution in [0.15, 0.2) is 53.4 Å². The molecule has 0 aliphatic rings. The van der Waals surface area contributed by atoms with E-state index in [1.54, 1.807) is 11.8 Å². The summed E-state index contributed by atoms with van der Waals surface area (Å²) in [5, 5.41) is 10.6. The fourth-order valence-corrected chi connectivity index (χ4v) is 2.68. The number of benzene rings is 2. The molecule has 0 amide bonds. The van der Waals surface area contributed by atoms with Crippen LogP contribution in [0.3, 0.4) is 0 Å². The van der Waals surface area contributed by atoms with Crippen LogP contribution in [-0.2, 0) is 0 Å². The fourth-order valence-electron chi connectivity index (χ4n) is 2.05. The molecule has 0 bridgehead atoms. The SMILES string of the molecule is CCOc1ccccc1C(O)c1ccccc1SC. The summed E-state index contributed by atoms with van der Waals surface area (Å²) >= 11 is 1.64. The summed E-state index contributed by atoms with van der Waals surface area (Å²) in [7, 11) is 0. The Balaban J connectivity index is 2.41. The highest BCUT2D eigenvalue weighted by Crippen LogP contribution is 2.34. The average molecular weight is 274 g/mol. The van der Waals surface area contributed by atoms with E-state index in [0.29, 0.717) is 6.61 Å². The number of hydrogen-bond acceptors (Lipinski definition) is 3. The van der Waals surface area contributed by atoms with Gasteiger partial charge in [-0.3, -0.25) is 0 Å². The molecule has 0 aliphatic carbocycles. The molecule has 19 heavy (non-hydrogen) atoms. The quantitative estimate of drug-likeness (QED) is 0.839. The van der Waals surface area contributed by atoms with Gasteiger partial charge in [0.1, 0.15) is 11.9 Å². The second-order valence-corrected chi connectivity index (χ2v) is 4.96. The van der Waals surface area contributed by atoms with Gasteiger partial charge >= 0.3 is 0 Å². The van der Waals surface area contributed by atoms with E-state index in [9.17, 15) is 5.11 Å². The van der Waals surface area contributed by atoms with Crippen molar-refractivity contribution in [1.82, 2.24) is 0 Å². The lowest BCUT2D eigenvalue weighted by Crippen LogP contribution is -2.05. The normalized spacial score (nSPS) is 12.2. The van der Waals surface area contributed by atoms with Gasteiger partial charge in [-0.2, -0.15) is 0 Å². The van der Waals surface area contributed by atoms with Crippen LogP contribution in [0.5, 0.6) is 5.75 Å². The summed E-state index contributed by atoms with van der Waals surface area (Å²) in [6.07, 6.45) is 1.35. The van der Waals surface area contributed by atoms with Gasteiger partial charge in [0.15, 0.2) is 0 Å². The predicted octanol–water partition coefficient (Wildman–Crippen LogP) is 3.89. The molecule has 2 nitrogen and oxygen atoms in total. The third kappa shape index (κ3) is 3.11. The van der Waals surface area contributed by atoms with Crippen molar-refractivity contribution in [3.63, 3.8) is 0 Å². The van der Waals surface area contributed by atoms with Crippen LogP contribution in [-0.4, -0.2) is 18.0 Å². The van der Waals surface area contributed by atoms with Gasteiger partial charge in [0.2, 0.25) is 0 Å². The lowest BCUT2D eigenvalue weighted by Gasteiger charge is -2.18. The van der Waals surface area contributed by atoms with E-state index in [-0.39, 0.29) is 0 Å². The summed E-state index contributed by atoms with van der Waals surface area (Å²) in [5.74, 6) is 0.744. The maximum absolute atomic E-state index is 10.6. The first-order chi connectivity index (χ1) is 9.27. The lowest BCUT2D eigenvalue weighted by molar-refractivity contribution is 0.209. The maximum Gasteiger partial charge on any atom is 0.125 e. The van der Waals surface area contributed by atoms with E-state index < -0.39 is 6.10 Å². The Morgan fingerprint density at radius 2 is 1.68 bits per heavy atom. The molecule has 2 rings (SSSR count). The zero-order valence-corrected chi connectivity index (χ0v) is 12.0. The molecule has 1 unspecified atom stereocenters. The first-order valence-corrected chi connectivity index (χ1v) is 7.53. The highest BCUT2D eigenvalue weighted by molar-refractivity contribution is 7.98. The molecule has 2 aromatic carbocycles. The number of ether oxygens (including phenoxy) is 1. The molecular formula is C16H18O2S. The zero-order chi connectivity index (χ0) is 13.7. The minimum atomic E-state index is -0.661. The van der Waals surface area contributed by atoms with Crippen LogP contribution in [0.4, 0.5) is 0 Å². The van der Waals surface area contributed by atoms with Crippen molar-refractivity contribution < 1.29 is 9.84 Å². The summed E-state index contributed by atoms with van der Waals surface area (Å²) in [6.45, 7) is 2.53. The molecule has 0 radical (unpaired) electrons. The molecule has 0 fully saturated rings. The van der Waals surface area contributed by atoms with Crippen LogP contribution in [0.2, 0.25) is 0 Å². The predicted molar refractivity (Wildman–Crippen MR) is 79.9 cm³/mol. The molecule has 0 saturated heterocycles. The van der Waals surface area contributed by atoms with Crippen LogP contribution in [0, 0.1) is 0 Å². The maximum atomic E-state index is 10.6. The van der Waals surface area contributed by atoms with Gasteiger partial charge in [-0.15, -0.1) is 11.8 Å². The molecule has 2 aromatic rings. The minimum Gasteiger partial charge on any atom is -0.493 e. The zero-order valence-electron chi connectivity index (χ0n) is 11.2. The first-order valence-electron chi connectivity index (χ1n) is 6.30. The lowest BCUT2D eigenvalue weighted by atomic mass is 10.0. The van der Waals surface area contributed by atoms with E-state index >= 15 is 0 Å². The van der Waals surface area contributed by atoms with E-state index in [4.69, 9.17) is 4.74 Å². The number of rotatable bonds is 5. The average Bonchev–Trinajstić information content (AvgIpc) is 2.47. The smallest absolute Gasteiger partial charge is 0.125 e. The van der Waals surface area contributed by atoms with Crippen molar-refractivity contribution in [2.45, 2.75) is 17.9 Å². The summed E-state index contributed by atoms with van der Waals surface area (Å²) in [4.78, 5) is 1.08. The van der Waals surface area contributed by atoms with Gasteiger partial charge in [0.05, 0.1) is 6.61 Å². The first kappa shape index (κ1) is 14.0. The second-order valence-electron chi connectivity index (χ2n) is 4.12. The van der Waals surface area contributed by atoms with Crippen molar-refractivity contribution in [1.29, 1.82) is 0 Å². The van der Waals surface area contributed by atoms with Crippen molar-refractivity contribution in [2.24, 2.45) is 0 Å². The van der Waals surface area contributed by atoms with Gasteiger partial charge in [-0.1, -0.05) is 36.4 Å². The molecule has 1 N–H and O–H groups in total. The van der Waals surface area contributed by atoms with Crippen molar-refractivity contribution in [3.05, 3.63) is 59.7 Å². The topological polar surface area (TPSA) is 29.5 Å². The van der Waals surface area contributed by atoms with Crippen LogP contribution < -0.4 is 4.74 Å². The van der Waals surface area contributed by atoms with E-state index in [0.717, 1.165) is 21.8 Å². The molecule has 0 aromatic heterocycles. The van der Waals surface area contributed by atoms with Crippen LogP contribution in [0.1, 0.15) is 24.2 Å². The Bertz CT molecular complexity index is 540. The van der Waals surface area contributed by atoms with Gasteiger partial charge in [-0.25, -0.2) is 0 Å². The number of aliphatic hydroxyl groups excluding tert-OH is 1. The van der Waals surface area contributed by atoms with Gasteiger partial charge in [0, 0.05) is 10.5 Å². The van der Waals surface area contributed by atoms with Gasteiger partial charge in [0.25, 0.3) is 0 Å². The Morgan fingerprint density at radius 1 is 1.05 bits per heavy atom. The van der Waals surface area contributed by atoms with Gasteiger partial charge < -0.3 is 9.84 Å². The third-order valence-electron chi connectivity index (χ3n) is 2.95. The Morgan fingerprint density at radius 3 is 2.37 bits per heavy atom. The number of hydrogen-bond donors (Lipinski definition) is 1. The Hall–Kier alpha value is -1.45. The van der Waals surface area contributed by atoms with Gasteiger partial charge in [-0.05, 0) is 30.9 Å². The molecule has 0 heterocycles. The molecule has 3 heteroatoms. The minimum absolute atomic E-state index is 0.591. The van der Waals surface area contributed by atoms with E-state index in [2.05, 4.69) is 0 Å². The second kappa shape index (κ2) is 6.64. The number of aliphatic hydroxyl groups is 1. The largest absolute Gasteiger partial charge is 0.493 e. The number of para-hydroxylation sites is 1. The Kier molecular flexibility index (Phi) is 4.88. The monoisotopic (exact) mass is 274 g/mol. The molecule has 100 valence electrons. The van der Waals surface area contributed by atoms with Crippen LogP contribution in [0.25, 0.3) is 0 Å². The molecular weight excluding hydrogens is 256 g/mol. The standard InChI is InChI=1S/C16H18O2S/c1-3-18-14-10-6-4-8-12(14)16(17)13-9-5-7-11-15(13)19-2/h4-11,16-17H,3H2,1-2H3. The van der Waals surface area contributed by atoms with E-state index in [1.807, 2.05) is 61.7 Å². The molecule has 0 aliphatic heterocycles. The van der Waals surface area contributed by atoms with Crippen LogP contribution >= 0.6 is 11.8 Å². The van der Waals surface area contributed by atoms with Crippen molar-refractivity contribution in [3.8, 4) is 5.75 Å². The third-order valence-corrected chi connectivity index (χ3v) is 3.76. The molecule has 0 spiro atoms. The summed E-state index contributed by atoms with van der Waals surface area (Å²) in [5.41, 5.74) is 1.73. The van der Waals surface area contributed by atoms with Crippen molar-refractivity contribution >= 4 is 11.8 Å². The summed E-state index contributed by atoms with van der Waals surface area (Å²) in [6, 6.07) is 15.5.